The molecule has 0 radical (unpaired) electrons. The van der Waals surface area contributed by atoms with E-state index in [4.69, 9.17) is 5.73 Å². The van der Waals surface area contributed by atoms with E-state index in [-0.39, 0.29) is 11.5 Å². The van der Waals surface area contributed by atoms with Crippen LogP contribution in [-0.2, 0) is 9.84 Å². The second-order valence-corrected chi connectivity index (χ2v) is 6.72. The molecule has 6 heteroatoms. The first-order chi connectivity index (χ1) is 7.39. The number of aromatic nitrogens is 1. The standard InChI is InChI=1S/C10H15N3O2S/c1-10(2-3-16(14,15)7-10)13-9-4-8(11)5-12-6-9/h4-6,13H,2-3,7,11H2,1H3. The number of pyridine rings is 1. The summed E-state index contributed by atoms with van der Waals surface area (Å²) in [5, 5.41) is 3.19. The first-order valence-corrected chi connectivity index (χ1v) is 6.90. The molecule has 1 aliphatic rings. The lowest BCUT2D eigenvalue weighted by atomic mass is 10.0. The van der Waals surface area contributed by atoms with Crippen LogP contribution >= 0.6 is 0 Å². The van der Waals surface area contributed by atoms with Crippen molar-refractivity contribution >= 4 is 21.2 Å². The van der Waals surface area contributed by atoms with E-state index in [2.05, 4.69) is 10.3 Å². The Bertz CT molecular complexity index is 501. The van der Waals surface area contributed by atoms with E-state index in [9.17, 15) is 8.42 Å². The molecule has 3 N–H and O–H groups in total. The molecule has 0 saturated carbocycles. The molecule has 0 aromatic carbocycles. The summed E-state index contributed by atoms with van der Waals surface area (Å²) in [5.41, 5.74) is 6.53. The van der Waals surface area contributed by atoms with E-state index in [0.29, 0.717) is 12.1 Å². The second kappa shape index (κ2) is 3.62. The Morgan fingerprint density at radius 2 is 2.25 bits per heavy atom. The van der Waals surface area contributed by atoms with E-state index in [0.717, 1.165) is 5.69 Å². The third kappa shape index (κ3) is 2.44. The molecule has 1 aromatic rings. The van der Waals surface area contributed by atoms with Crippen molar-refractivity contribution in [1.82, 2.24) is 4.98 Å². The molecule has 5 nitrogen and oxygen atoms in total. The van der Waals surface area contributed by atoms with Gasteiger partial charge in [0, 0.05) is 11.7 Å². The van der Waals surface area contributed by atoms with E-state index < -0.39 is 15.4 Å². The van der Waals surface area contributed by atoms with Gasteiger partial charge < -0.3 is 11.1 Å². The van der Waals surface area contributed by atoms with Gasteiger partial charge in [0.05, 0.1) is 29.1 Å². The van der Waals surface area contributed by atoms with Gasteiger partial charge in [-0.2, -0.15) is 0 Å². The highest BCUT2D eigenvalue weighted by Crippen LogP contribution is 2.27. The van der Waals surface area contributed by atoms with Gasteiger partial charge in [0.15, 0.2) is 9.84 Å². The molecule has 2 rings (SSSR count). The van der Waals surface area contributed by atoms with E-state index in [1.165, 1.54) is 0 Å². The van der Waals surface area contributed by atoms with Crippen LogP contribution in [0.25, 0.3) is 0 Å². The van der Waals surface area contributed by atoms with Gasteiger partial charge in [-0.05, 0) is 19.4 Å². The minimum Gasteiger partial charge on any atom is -0.397 e. The van der Waals surface area contributed by atoms with Crippen molar-refractivity contribution in [2.75, 3.05) is 22.6 Å². The Hall–Kier alpha value is -1.30. The van der Waals surface area contributed by atoms with Crippen LogP contribution in [0, 0.1) is 0 Å². The fourth-order valence-electron chi connectivity index (χ4n) is 1.98. The quantitative estimate of drug-likeness (QED) is 0.794. The number of nitrogen functional groups attached to an aromatic ring is 1. The van der Waals surface area contributed by atoms with Crippen molar-refractivity contribution in [3.63, 3.8) is 0 Å². The number of nitrogens with zero attached hydrogens (tertiary/aromatic N) is 1. The van der Waals surface area contributed by atoms with Gasteiger partial charge in [-0.15, -0.1) is 0 Å². The zero-order valence-electron chi connectivity index (χ0n) is 9.10. The fourth-order valence-corrected chi connectivity index (χ4v) is 4.08. The molecule has 2 heterocycles. The first kappa shape index (κ1) is 11.2. The molecule has 1 unspecified atom stereocenters. The zero-order valence-corrected chi connectivity index (χ0v) is 9.92. The summed E-state index contributed by atoms with van der Waals surface area (Å²) < 4.78 is 22.8. The first-order valence-electron chi connectivity index (χ1n) is 5.08. The largest absolute Gasteiger partial charge is 0.397 e. The highest BCUT2D eigenvalue weighted by atomic mass is 32.2. The maximum Gasteiger partial charge on any atom is 0.152 e. The average Bonchev–Trinajstić information content (AvgIpc) is 2.40. The maximum atomic E-state index is 11.4. The van der Waals surface area contributed by atoms with E-state index >= 15 is 0 Å². The van der Waals surface area contributed by atoms with Crippen LogP contribution in [0.2, 0.25) is 0 Å². The number of hydrogen-bond donors (Lipinski definition) is 2. The van der Waals surface area contributed by atoms with Crippen LogP contribution in [0.1, 0.15) is 13.3 Å². The minimum atomic E-state index is -2.90. The smallest absolute Gasteiger partial charge is 0.152 e. The number of nitrogens with two attached hydrogens (primary N) is 1. The second-order valence-electron chi connectivity index (χ2n) is 4.53. The molecule has 1 fully saturated rings. The van der Waals surface area contributed by atoms with Crippen LogP contribution in [0.15, 0.2) is 18.5 Å². The van der Waals surface area contributed by atoms with Crippen molar-refractivity contribution in [2.24, 2.45) is 0 Å². The lowest BCUT2D eigenvalue weighted by molar-refractivity contribution is 0.574. The molecule has 1 aromatic heterocycles. The zero-order chi connectivity index (χ0) is 11.8. The number of hydrogen-bond acceptors (Lipinski definition) is 5. The third-order valence-corrected chi connectivity index (χ3v) is 4.61. The molecule has 0 amide bonds. The molecule has 88 valence electrons. The Kier molecular flexibility index (Phi) is 2.53. The topological polar surface area (TPSA) is 85.1 Å². The lowest BCUT2D eigenvalue weighted by Gasteiger charge is -2.25. The van der Waals surface area contributed by atoms with Gasteiger partial charge in [-0.1, -0.05) is 0 Å². The minimum absolute atomic E-state index is 0.162. The molecule has 1 atom stereocenters. The normalized spacial score (nSPS) is 27.8. The number of nitrogens with one attached hydrogen (secondary N) is 1. The molecule has 0 spiro atoms. The third-order valence-electron chi connectivity index (χ3n) is 2.71. The molecular weight excluding hydrogens is 226 g/mol. The molecule has 1 aliphatic heterocycles. The van der Waals surface area contributed by atoms with Crippen molar-refractivity contribution in [1.29, 1.82) is 0 Å². The Labute approximate surface area is 95.0 Å². The predicted octanol–water partition coefficient (Wildman–Crippen LogP) is 0.653. The summed E-state index contributed by atoms with van der Waals surface area (Å²) in [6.45, 7) is 1.90. The van der Waals surface area contributed by atoms with Crippen molar-refractivity contribution < 1.29 is 8.42 Å². The van der Waals surface area contributed by atoms with Crippen LogP contribution < -0.4 is 11.1 Å². The highest BCUT2D eigenvalue weighted by molar-refractivity contribution is 7.91. The van der Waals surface area contributed by atoms with E-state index in [1.807, 2.05) is 6.92 Å². The highest BCUT2D eigenvalue weighted by Gasteiger charge is 2.38. The van der Waals surface area contributed by atoms with Crippen molar-refractivity contribution in [3.8, 4) is 0 Å². The molecule has 0 aliphatic carbocycles. The monoisotopic (exact) mass is 241 g/mol. The number of anilines is 2. The van der Waals surface area contributed by atoms with Gasteiger partial charge in [0.1, 0.15) is 0 Å². The summed E-state index contributed by atoms with van der Waals surface area (Å²) >= 11 is 0. The summed E-state index contributed by atoms with van der Waals surface area (Å²) in [6.07, 6.45) is 3.82. The van der Waals surface area contributed by atoms with Gasteiger partial charge in [-0.25, -0.2) is 8.42 Å². The molecule has 1 saturated heterocycles. The van der Waals surface area contributed by atoms with Gasteiger partial charge in [0.2, 0.25) is 0 Å². The number of sulfone groups is 1. The summed E-state index contributed by atoms with van der Waals surface area (Å²) in [5.74, 6) is 0.404. The van der Waals surface area contributed by atoms with E-state index in [1.54, 1.807) is 18.5 Å². The van der Waals surface area contributed by atoms with Crippen LogP contribution in [0.5, 0.6) is 0 Å². The molecule has 0 bridgehead atoms. The maximum absolute atomic E-state index is 11.4. The van der Waals surface area contributed by atoms with Crippen molar-refractivity contribution in [3.05, 3.63) is 18.5 Å². The lowest BCUT2D eigenvalue weighted by Crippen LogP contribution is -2.35. The SMILES string of the molecule is CC1(Nc2cncc(N)c2)CCS(=O)(=O)C1. The van der Waals surface area contributed by atoms with Crippen LogP contribution in [0.4, 0.5) is 11.4 Å². The van der Waals surface area contributed by atoms with Gasteiger partial charge in [-0.3, -0.25) is 4.98 Å². The predicted molar refractivity (Wildman–Crippen MR) is 63.9 cm³/mol. The summed E-state index contributed by atoms with van der Waals surface area (Å²) in [7, 11) is -2.90. The number of rotatable bonds is 2. The summed E-state index contributed by atoms with van der Waals surface area (Å²) in [4.78, 5) is 3.96. The Morgan fingerprint density at radius 3 is 2.81 bits per heavy atom. The van der Waals surface area contributed by atoms with Gasteiger partial charge >= 0.3 is 0 Å². The molecule has 16 heavy (non-hydrogen) atoms. The van der Waals surface area contributed by atoms with Gasteiger partial charge in [0.25, 0.3) is 0 Å². The van der Waals surface area contributed by atoms with Crippen molar-refractivity contribution in [2.45, 2.75) is 18.9 Å². The van der Waals surface area contributed by atoms with Crippen LogP contribution in [-0.4, -0.2) is 30.4 Å². The Morgan fingerprint density at radius 1 is 1.50 bits per heavy atom. The fraction of sp³-hybridized carbons (Fsp3) is 0.500. The Balaban J connectivity index is 2.16. The summed E-state index contributed by atoms with van der Waals surface area (Å²) in [6, 6.07) is 1.75. The average molecular weight is 241 g/mol. The molecular formula is C10H15N3O2S. The van der Waals surface area contributed by atoms with Crippen LogP contribution in [0.3, 0.4) is 0 Å².